The van der Waals surface area contributed by atoms with E-state index in [1.54, 1.807) is 0 Å². The summed E-state index contributed by atoms with van der Waals surface area (Å²) in [7, 11) is 0. The molecule has 0 aliphatic heterocycles. The van der Waals surface area contributed by atoms with E-state index in [4.69, 9.17) is 5.84 Å². The zero-order valence-electron chi connectivity index (χ0n) is 12.4. The minimum absolute atomic E-state index is 0.372. The Labute approximate surface area is 102 Å². The van der Waals surface area contributed by atoms with Crippen molar-refractivity contribution in [2.24, 2.45) is 22.6 Å². The Hall–Kier alpha value is -0.0800. The summed E-state index contributed by atoms with van der Waals surface area (Å²) in [6, 6.07) is 0.452. The molecule has 0 saturated carbocycles. The minimum Gasteiger partial charge on any atom is -0.271 e. The lowest BCUT2D eigenvalue weighted by molar-refractivity contribution is 0.210. The molecule has 0 fully saturated rings. The topological polar surface area (TPSA) is 38.0 Å². The lowest BCUT2D eigenvalue weighted by atomic mass is 9.77. The monoisotopic (exact) mass is 228 g/mol. The Morgan fingerprint density at radius 2 is 1.56 bits per heavy atom. The average Bonchev–Trinajstić information content (AvgIpc) is 2.08. The van der Waals surface area contributed by atoms with Gasteiger partial charge in [0.25, 0.3) is 0 Å². The molecule has 3 N–H and O–H groups in total. The smallest absolute Gasteiger partial charge is 0.0213 e. The first-order valence-corrected chi connectivity index (χ1v) is 6.52. The molecule has 0 amide bonds. The van der Waals surface area contributed by atoms with E-state index in [0.717, 1.165) is 6.42 Å². The highest BCUT2D eigenvalue weighted by Gasteiger charge is 2.24. The van der Waals surface area contributed by atoms with E-state index in [1.165, 1.54) is 12.8 Å². The highest BCUT2D eigenvalue weighted by Crippen LogP contribution is 2.31. The number of hydrogen-bond acceptors (Lipinski definition) is 2. The molecule has 0 radical (unpaired) electrons. The van der Waals surface area contributed by atoms with Crippen LogP contribution in [0.2, 0.25) is 0 Å². The molecule has 2 nitrogen and oxygen atoms in total. The molecule has 0 saturated heterocycles. The van der Waals surface area contributed by atoms with Gasteiger partial charge < -0.3 is 0 Å². The van der Waals surface area contributed by atoms with Crippen LogP contribution in [0.25, 0.3) is 0 Å². The summed E-state index contributed by atoms with van der Waals surface area (Å²) >= 11 is 0. The van der Waals surface area contributed by atoms with Crippen molar-refractivity contribution in [2.75, 3.05) is 0 Å². The highest BCUT2D eigenvalue weighted by atomic mass is 15.2. The number of nitrogens with one attached hydrogen (secondary N) is 1. The Balaban J connectivity index is 4.11. The van der Waals surface area contributed by atoms with Crippen molar-refractivity contribution >= 4 is 0 Å². The van der Waals surface area contributed by atoms with Gasteiger partial charge in [-0.3, -0.25) is 11.3 Å². The lowest BCUT2D eigenvalue weighted by Gasteiger charge is -2.31. The molecular weight excluding hydrogens is 196 g/mol. The standard InChI is InChI=1S/C14H32N2/c1-11(14(5,6)7)10-12(16-15)8-9-13(2,3)4/h11-12,16H,8-10,15H2,1-7H3. The fraction of sp³-hybridized carbons (Fsp3) is 1.00. The van der Waals surface area contributed by atoms with Crippen molar-refractivity contribution in [3.8, 4) is 0 Å². The van der Waals surface area contributed by atoms with Crippen molar-refractivity contribution in [1.82, 2.24) is 5.43 Å². The van der Waals surface area contributed by atoms with Gasteiger partial charge in [0, 0.05) is 6.04 Å². The van der Waals surface area contributed by atoms with Crippen LogP contribution in [0.3, 0.4) is 0 Å². The molecule has 0 aliphatic carbocycles. The van der Waals surface area contributed by atoms with E-state index in [2.05, 4.69) is 53.9 Å². The van der Waals surface area contributed by atoms with Crippen LogP contribution in [0.4, 0.5) is 0 Å². The molecule has 0 rings (SSSR count). The second-order valence-corrected chi connectivity index (χ2v) is 7.47. The van der Waals surface area contributed by atoms with Gasteiger partial charge in [-0.25, -0.2) is 0 Å². The molecule has 2 unspecified atom stereocenters. The minimum atomic E-state index is 0.372. The van der Waals surface area contributed by atoms with Crippen molar-refractivity contribution in [1.29, 1.82) is 0 Å². The normalized spacial score (nSPS) is 17.2. The Morgan fingerprint density at radius 3 is 1.88 bits per heavy atom. The average molecular weight is 228 g/mol. The maximum atomic E-state index is 5.64. The van der Waals surface area contributed by atoms with Crippen molar-refractivity contribution in [2.45, 2.75) is 73.8 Å². The third-order valence-corrected chi connectivity index (χ3v) is 3.59. The number of hydrogen-bond donors (Lipinski definition) is 2. The van der Waals surface area contributed by atoms with Gasteiger partial charge in [0.05, 0.1) is 0 Å². The van der Waals surface area contributed by atoms with Crippen LogP contribution in [0.15, 0.2) is 0 Å². The zero-order chi connectivity index (χ0) is 13.0. The van der Waals surface area contributed by atoms with Crippen LogP contribution in [-0.2, 0) is 0 Å². The summed E-state index contributed by atoms with van der Waals surface area (Å²) in [4.78, 5) is 0. The first-order chi connectivity index (χ1) is 7.06. The second kappa shape index (κ2) is 6.02. The molecule has 2 heteroatoms. The van der Waals surface area contributed by atoms with Gasteiger partial charge in [0.2, 0.25) is 0 Å². The Kier molecular flexibility index (Phi) is 5.99. The van der Waals surface area contributed by atoms with Gasteiger partial charge in [0.1, 0.15) is 0 Å². The van der Waals surface area contributed by atoms with E-state index in [9.17, 15) is 0 Å². The molecule has 0 aliphatic rings. The Bertz CT molecular complexity index is 186. The molecular formula is C14H32N2. The van der Waals surface area contributed by atoms with E-state index < -0.39 is 0 Å². The molecule has 0 bridgehead atoms. The van der Waals surface area contributed by atoms with Crippen molar-refractivity contribution in [3.05, 3.63) is 0 Å². The highest BCUT2D eigenvalue weighted by molar-refractivity contribution is 4.77. The summed E-state index contributed by atoms with van der Waals surface area (Å²) in [6.45, 7) is 16.1. The summed E-state index contributed by atoms with van der Waals surface area (Å²) < 4.78 is 0. The zero-order valence-corrected chi connectivity index (χ0v) is 12.4. The third-order valence-electron chi connectivity index (χ3n) is 3.59. The first kappa shape index (κ1) is 15.9. The van der Waals surface area contributed by atoms with E-state index in [-0.39, 0.29) is 0 Å². The van der Waals surface area contributed by atoms with Crippen LogP contribution in [-0.4, -0.2) is 6.04 Å². The SMILES string of the molecule is CC(CC(CCC(C)(C)C)NN)C(C)(C)C. The van der Waals surface area contributed by atoms with Crippen LogP contribution in [0.5, 0.6) is 0 Å². The van der Waals surface area contributed by atoms with Gasteiger partial charge in [-0.2, -0.15) is 0 Å². The van der Waals surface area contributed by atoms with Crippen LogP contribution < -0.4 is 11.3 Å². The molecule has 0 aromatic carbocycles. The molecule has 2 atom stereocenters. The number of rotatable bonds is 5. The van der Waals surface area contributed by atoms with Crippen molar-refractivity contribution < 1.29 is 0 Å². The number of hydrazine groups is 1. The van der Waals surface area contributed by atoms with Crippen LogP contribution >= 0.6 is 0 Å². The fourth-order valence-electron chi connectivity index (χ4n) is 1.66. The summed E-state index contributed by atoms with van der Waals surface area (Å²) in [5, 5.41) is 0. The fourth-order valence-corrected chi connectivity index (χ4v) is 1.66. The largest absolute Gasteiger partial charge is 0.271 e. The maximum Gasteiger partial charge on any atom is 0.0213 e. The van der Waals surface area contributed by atoms with Gasteiger partial charge in [-0.05, 0) is 36.0 Å². The van der Waals surface area contributed by atoms with E-state index >= 15 is 0 Å². The summed E-state index contributed by atoms with van der Waals surface area (Å²) in [5.41, 5.74) is 3.75. The van der Waals surface area contributed by atoms with E-state index in [1.807, 2.05) is 0 Å². The van der Waals surface area contributed by atoms with Crippen molar-refractivity contribution in [3.63, 3.8) is 0 Å². The first-order valence-electron chi connectivity index (χ1n) is 6.52. The van der Waals surface area contributed by atoms with Gasteiger partial charge in [-0.15, -0.1) is 0 Å². The second-order valence-electron chi connectivity index (χ2n) is 7.47. The van der Waals surface area contributed by atoms with Gasteiger partial charge >= 0.3 is 0 Å². The number of nitrogens with two attached hydrogens (primary N) is 1. The maximum absolute atomic E-state index is 5.64. The van der Waals surface area contributed by atoms with Gasteiger partial charge in [-0.1, -0.05) is 48.5 Å². The quantitative estimate of drug-likeness (QED) is 0.556. The van der Waals surface area contributed by atoms with E-state index in [0.29, 0.717) is 22.8 Å². The molecule has 0 aromatic rings. The van der Waals surface area contributed by atoms with Crippen LogP contribution in [0, 0.1) is 16.7 Å². The van der Waals surface area contributed by atoms with Gasteiger partial charge in [0.15, 0.2) is 0 Å². The molecule has 0 spiro atoms. The lowest BCUT2D eigenvalue weighted by Crippen LogP contribution is -2.38. The molecule has 0 heterocycles. The predicted octanol–water partition coefficient (Wildman–Crippen LogP) is 3.72. The third kappa shape index (κ3) is 7.24. The predicted molar refractivity (Wildman–Crippen MR) is 73.0 cm³/mol. The molecule has 16 heavy (non-hydrogen) atoms. The summed E-state index contributed by atoms with van der Waals surface area (Å²) in [5.74, 6) is 6.33. The van der Waals surface area contributed by atoms with Crippen LogP contribution in [0.1, 0.15) is 67.7 Å². The molecule has 0 aromatic heterocycles. The molecule has 98 valence electrons. The Morgan fingerprint density at radius 1 is 1.06 bits per heavy atom. The summed E-state index contributed by atoms with van der Waals surface area (Å²) in [6.07, 6.45) is 3.55.